The van der Waals surface area contributed by atoms with Crippen LogP contribution in [0.4, 0.5) is 0 Å². The molecule has 1 N–H and O–H groups in total. The van der Waals surface area contributed by atoms with E-state index >= 15 is 0 Å². The Morgan fingerprint density at radius 1 is 0.944 bits per heavy atom. The molecular formula is C16H27NO. The van der Waals surface area contributed by atoms with E-state index in [0.29, 0.717) is 13.3 Å². The first kappa shape index (κ1) is 15.2. The van der Waals surface area contributed by atoms with Crippen molar-refractivity contribution in [2.45, 2.75) is 52.1 Å². The maximum absolute atomic E-state index is 5.55. The molecule has 0 saturated heterocycles. The smallest absolute Gasteiger partial charge is 0.0969 e. The second-order valence-corrected chi connectivity index (χ2v) is 4.75. The molecule has 0 saturated carbocycles. The molecule has 0 aliphatic rings. The summed E-state index contributed by atoms with van der Waals surface area (Å²) < 4.78 is 5.55. The van der Waals surface area contributed by atoms with Gasteiger partial charge in [-0.25, -0.2) is 0 Å². The Hall–Kier alpha value is -0.860. The van der Waals surface area contributed by atoms with E-state index in [-0.39, 0.29) is 0 Å². The summed E-state index contributed by atoms with van der Waals surface area (Å²) in [6.45, 7) is 4.68. The van der Waals surface area contributed by atoms with Crippen LogP contribution in [0.1, 0.15) is 51.0 Å². The first-order valence-corrected chi connectivity index (χ1v) is 7.26. The average molecular weight is 249 g/mol. The standard InChI is InChI=1S/C16H27NO/c1-2-3-4-5-6-10-13-17-15-18-14-16-11-8-7-9-12-16/h7-9,11-12,17H,2-6,10,13-15H2,1H3. The van der Waals surface area contributed by atoms with Gasteiger partial charge < -0.3 is 4.74 Å². The molecule has 1 aromatic rings. The number of benzene rings is 1. The van der Waals surface area contributed by atoms with Crippen LogP contribution >= 0.6 is 0 Å². The number of ether oxygens (including phenoxy) is 1. The van der Waals surface area contributed by atoms with Crippen molar-refractivity contribution in [1.82, 2.24) is 5.32 Å². The van der Waals surface area contributed by atoms with E-state index in [1.165, 1.54) is 44.1 Å². The molecule has 0 atom stereocenters. The minimum atomic E-state index is 0.657. The summed E-state index contributed by atoms with van der Waals surface area (Å²) in [7, 11) is 0. The van der Waals surface area contributed by atoms with Crippen molar-refractivity contribution in [3.8, 4) is 0 Å². The summed E-state index contributed by atoms with van der Waals surface area (Å²) in [5.41, 5.74) is 1.24. The van der Waals surface area contributed by atoms with Gasteiger partial charge in [0.2, 0.25) is 0 Å². The molecule has 2 nitrogen and oxygen atoms in total. The van der Waals surface area contributed by atoms with Crippen molar-refractivity contribution < 1.29 is 4.74 Å². The van der Waals surface area contributed by atoms with Gasteiger partial charge in [-0.15, -0.1) is 0 Å². The van der Waals surface area contributed by atoms with Gasteiger partial charge in [-0.2, -0.15) is 0 Å². The highest BCUT2D eigenvalue weighted by Gasteiger charge is 1.92. The maximum Gasteiger partial charge on any atom is 0.0969 e. The highest BCUT2D eigenvalue weighted by atomic mass is 16.5. The second-order valence-electron chi connectivity index (χ2n) is 4.75. The molecule has 0 unspecified atom stereocenters. The lowest BCUT2D eigenvalue weighted by atomic mass is 10.1. The number of nitrogens with one attached hydrogen (secondary N) is 1. The Labute approximate surface area is 112 Å². The lowest BCUT2D eigenvalue weighted by molar-refractivity contribution is 0.103. The number of unbranched alkanes of at least 4 members (excludes halogenated alkanes) is 5. The van der Waals surface area contributed by atoms with E-state index in [4.69, 9.17) is 4.74 Å². The molecule has 102 valence electrons. The molecule has 0 aliphatic heterocycles. The number of rotatable bonds is 11. The van der Waals surface area contributed by atoms with Crippen molar-refractivity contribution in [3.05, 3.63) is 35.9 Å². The normalized spacial score (nSPS) is 10.7. The van der Waals surface area contributed by atoms with Gasteiger partial charge in [-0.3, -0.25) is 5.32 Å². The molecule has 0 aliphatic carbocycles. The zero-order valence-electron chi connectivity index (χ0n) is 11.7. The fraction of sp³-hybridized carbons (Fsp3) is 0.625. The van der Waals surface area contributed by atoms with E-state index in [9.17, 15) is 0 Å². The number of hydrogen-bond donors (Lipinski definition) is 1. The topological polar surface area (TPSA) is 21.3 Å². The minimum Gasteiger partial charge on any atom is -0.362 e. The molecule has 0 radical (unpaired) electrons. The Morgan fingerprint density at radius 2 is 1.67 bits per heavy atom. The molecule has 1 aromatic carbocycles. The average Bonchev–Trinajstić information content (AvgIpc) is 2.42. The first-order valence-electron chi connectivity index (χ1n) is 7.26. The third-order valence-electron chi connectivity index (χ3n) is 3.02. The van der Waals surface area contributed by atoms with Crippen LogP contribution in [-0.2, 0) is 11.3 Å². The van der Waals surface area contributed by atoms with Gasteiger partial charge in [0.15, 0.2) is 0 Å². The van der Waals surface area contributed by atoms with Gasteiger partial charge >= 0.3 is 0 Å². The van der Waals surface area contributed by atoms with E-state index in [1.807, 2.05) is 18.2 Å². The van der Waals surface area contributed by atoms with Crippen LogP contribution in [0.15, 0.2) is 30.3 Å². The third-order valence-corrected chi connectivity index (χ3v) is 3.02. The molecule has 2 heteroatoms. The van der Waals surface area contributed by atoms with E-state index in [0.717, 1.165) is 6.54 Å². The first-order chi connectivity index (χ1) is 8.93. The van der Waals surface area contributed by atoms with Crippen LogP contribution < -0.4 is 5.32 Å². The van der Waals surface area contributed by atoms with Crippen LogP contribution in [0.25, 0.3) is 0 Å². The molecule has 18 heavy (non-hydrogen) atoms. The molecule has 0 aromatic heterocycles. The zero-order chi connectivity index (χ0) is 12.9. The summed E-state index contributed by atoms with van der Waals surface area (Å²) in [6, 6.07) is 10.3. The lowest BCUT2D eigenvalue weighted by Crippen LogP contribution is -2.19. The minimum absolute atomic E-state index is 0.657. The number of hydrogen-bond acceptors (Lipinski definition) is 2. The van der Waals surface area contributed by atoms with Gasteiger partial charge in [0.25, 0.3) is 0 Å². The monoisotopic (exact) mass is 249 g/mol. The predicted octanol–water partition coefficient (Wildman–Crippen LogP) is 4.11. The Balaban J connectivity index is 1.82. The summed E-state index contributed by atoms with van der Waals surface area (Å²) in [6.07, 6.45) is 8.07. The van der Waals surface area contributed by atoms with E-state index < -0.39 is 0 Å². The van der Waals surface area contributed by atoms with Crippen LogP contribution in [0, 0.1) is 0 Å². The fourth-order valence-electron chi connectivity index (χ4n) is 1.92. The largest absolute Gasteiger partial charge is 0.362 e. The molecule has 0 amide bonds. The predicted molar refractivity (Wildman–Crippen MR) is 77.5 cm³/mol. The van der Waals surface area contributed by atoms with Crippen molar-refractivity contribution in [2.75, 3.05) is 13.3 Å². The quantitative estimate of drug-likeness (QED) is 0.471. The van der Waals surface area contributed by atoms with Gasteiger partial charge in [-0.1, -0.05) is 69.4 Å². The van der Waals surface area contributed by atoms with Crippen LogP contribution in [-0.4, -0.2) is 13.3 Å². The van der Waals surface area contributed by atoms with Gasteiger partial charge in [-0.05, 0) is 18.5 Å². The van der Waals surface area contributed by atoms with Gasteiger partial charge in [0, 0.05) is 0 Å². The summed E-state index contributed by atoms with van der Waals surface area (Å²) in [4.78, 5) is 0. The summed E-state index contributed by atoms with van der Waals surface area (Å²) >= 11 is 0. The Kier molecular flexibility index (Phi) is 9.49. The Morgan fingerprint density at radius 3 is 2.44 bits per heavy atom. The molecule has 0 bridgehead atoms. The lowest BCUT2D eigenvalue weighted by Gasteiger charge is -2.06. The Bertz CT molecular complexity index is 274. The van der Waals surface area contributed by atoms with Crippen molar-refractivity contribution in [1.29, 1.82) is 0 Å². The highest BCUT2D eigenvalue weighted by molar-refractivity contribution is 5.13. The summed E-state index contributed by atoms with van der Waals surface area (Å²) in [5.74, 6) is 0. The molecular weight excluding hydrogens is 222 g/mol. The van der Waals surface area contributed by atoms with Crippen molar-refractivity contribution in [2.24, 2.45) is 0 Å². The van der Waals surface area contributed by atoms with Crippen LogP contribution in [0.5, 0.6) is 0 Å². The van der Waals surface area contributed by atoms with Crippen LogP contribution in [0.2, 0.25) is 0 Å². The summed E-state index contributed by atoms with van der Waals surface area (Å²) in [5, 5.41) is 3.32. The molecule has 0 spiro atoms. The van der Waals surface area contributed by atoms with E-state index in [1.54, 1.807) is 0 Å². The van der Waals surface area contributed by atoms with E-state index in [2.05, 4.69) is 24.4 Å². The second kappa shape index (κ2) is 11.2. The van der Waals surface area contributed by atoms with Crippen molar-refractivity contribution >= 4 is 0 Å². The fourth-order valence-corrected chi connectivity index (χ4v) is 1.92. The van der Waals surface area contributed by atoms with Crippen molar-refractivity contribution in [3.63, 3.8) is 0 Å². The molecule has 0 heterocycles. The SMILES string of the molecule is CCCCCCCCNCOCc1ccccc1. The molecule has 1 rings (SSSR count). The third kappa shape index (κ3) is 8.26. The maximum atomic E-state index is 5.55. The zero-order valence-corrected chi connectivity index (χ0v) is 11.7. The van der Waals surface area contributed by atoms with Crippen LogP contribution in [0.3, 0.4) is 0 Å². The molecule has 0 fully saturated rings. The highest BCUT2D eigenvalue weighted by Crippen LogP contribution is 2.04. The van der Waals surface area contributed by atoms with Gasteiger partial charge in [0.1, 0.15) is 0 Å². The van der Waals surface area contributed by atoms with Gasteiger partial charge in [0.05, 0.1) is 13.3 Å².